The molecule has 0 radical (unpaired) electrons. The molecule has 2 saturated heterocycles. The third-order valence-corrected chi connectivity index (χ3v) is 5.51. The number of nitrogens with one attached hydrogen (secondary N) is 1. The molecule has 0 aromatic heterocycles. The molecule has 2 rings (SSSR count). The standard InChI is InChI=1S/C19H33N3O2/c1-16(2)18(23)21-13-17-5-3-9-22(14-17)10-4-6-19(15-20)7-11-24-12-8-19/h16-17H,3-14H2,1-2H3,(H,21,23)/t17-/m0/s1. The lowest BCUT2D eigenvalue weighted by Crippen LogP contribution is -2.42. The number of hydrogen-bond donors (Lipinski definition) is 1. The Bertz CT molecular complexity index is 438. The van der Waals surface area contributed by atoms with Crippen molar-refractivity contribution >= 4 is 5.91 Å². The molecule has 2 heterocycles. The van der Waals surface area contributed by atoms with E-state index in [4.69, 9.17) is 4.74 Å². The highest BCUT2D eigenvalue weighted by Gasteiger charge is 2.32. The van der Waals surface area contributed by atoms with Crippen LogP contribution in [0.2, 0.25) is 0 Å². The summed E-state index contributed by atoms with van der Waals surface area (Å²) in [4.78, 5) is 14.2. The van der Waals surface area contributed by atoms with Crippen LogP contribution in [0, 0.1) is 28.6 Å². The highest BCUT2D eigenvalue weighted by molar-refractivity contribution is 5.77. The lowest BCUT2D eigenvalue weighted by Gasteiger charge is -2.35. The van der Waals surface area contributed by atoms with E-state index in [9.17, 15) is 10.1 Å². The molecule has 5 heteroatoms. The summed E-state index contributed by atoms with van der Waals surface area (Å²) in [7, 11) is 0. The van der Waals surface area contributed by atoms with Gasteiger partial charge in [0.25, 0.3) is 0 Å². The normalized spacial score (nSPS) is 24.5. The molecule has 136 valence electrons. The maximum atomic E-state index is 11.7. The molecular formula is C19H33N3O2. The minimum atomic E-state index is -0.154. The van der Waals surface area contributed by atoms with Crippen molar-refractivity contribution in [3.63, 3.8) is 0 Å². The molecule has 2 aliphatic heterocycles. The number of carbonyl (C=O) groups excluding carboxylic acids is 1. The molecule has 0 spiro atoms. The van der Waals surface area contributed by atoms with Crippen molar-refractivity contribution in [2.45, 2.75) is 52.4 Å². The summed E-state index contributed by atoms with van der Waals surface area (Å²) >= 11 is 0. The topological polar surface area (TPSA) is 65.4 Å². The fourth-order valence-electron chi connectivity index (χ4n) is 3.79. The third kappa shape index (κ3) is 5.75. The van der Waals surface area contributed by atoms with Crippen molar-refractivity contribution in [3.05, 3.63) is 0 Å². The summed E-state index contributed by atoms with van der Waals surface area (Å²) in [5, 5.41) is 12.6. The summed E-state index contributed by atoms with van der Waals surface area (Å²) in [6.07, 6.45) is 6.24. The SMILES string of the molecule is CC(C)C(=O)NC[C@@H]1CCCN(CCCC2(C#N)CCOCC2)C1. The van der Waals surface area contributed by atoms with Crippen LogP contribution in [0.25, 0.3) is 0 Å². The summed E-state index contributed by atoms with van der Waals surface area (Å²) in [5.41, 5.74) is -0.154. The van der Waals surface area contributed by atoms with Crippen molar-refractivity contribution in [3.8, 4) is 6.07 Å². The van der Waals surface area contributed by atoms with Crippen LogP contribution in [-0.4, -0.2) is 50.2 Å². The monoisotopic (exact) mass is 335 g/mol. The maximum absolute atomic E-state index is 11.7. The number of likely N-dealkylation sites (tertiary alicyclic amines) is 1. The van der Waals surface area contributed by atoms with E-state index >= 15 is 0 Å². The van der Waals surface area contributed by atoms with Gasteiger partial charge in [0, 0.05) is 32.2 Å². The Morgan fingerprint density at radius 3 is 2.83 bits per heavy atom. The van der Waals surface area contributed by atoms with Crippen molar-refractivity contribution < 1.29 is 9.53 Å². The predicted molar refractivity (Wildman–Crippen MR) is 94.3 cm³/mol. The van der Waals surface area contributed by atoms with Gasteiger partial charge in [-0.15, -0.1) is 0 Å². The van der Waals surface area contributed by atoms with Crippen molar-refractivity contribution in [1.29, 1.82) is 5.26 Å². The molecule has 0 bridgehead atoms. The number of hydrogen-bond acceptors (Lipinski definition) is 4. The van der Waals surface area contributed by atoms with E-state index in [1.165, 1.54) is 12.8 Å². The van der Waals surface area contributed by atoms with E-state index < -0.39 is 0 Å². The Morgan fingerprint density at radius 2 is 2.17 bits per heavy atom. The van der Waals surface area contributed by atoms with E-state index in [0.29, 0.717) is 5.92 Å². The van der Waals surface area contributed by atoms with Gasteiger partial charge in [0.2, 0.25) is 5.91 Å². The fraction of sp³-hybridized carbons (Fsp3) is 0.895. The van der Waals surface area contributed by atoms with Crippen molar-refractivity contribution in [2.24, 2.45) is 17.3 Å². The largest absolute Gasteiger partial charge is 0.381 e. The molecule has 1 N–H and O–H groups in total. The Balaban J connectivity index is 1.69. The Labute approximate surface area is 146 Å². The van der Waals surface area contributed by atoms with Gasteiger partial charge in [-0.25, -0.2) is 0 Å². The van der Waals surface area contributed by atoms with Crippen LogP contribution in [0.5, 0.6) is 0 Å². The number of piperidine rings is 1. The van der Waals surface area contributed by atoms with Gasteiger partial charge < -0.3 is 15.0 Å². The van der Waals surface area contributed by atoms with Crippen LogP contribution >= 0.6 is 0 Å². The summed E-state index contributed by atoms with van der Waals surface area (Å²) in [5.74, 6) is 0.781. The molecule has 0 saturated carbocycles. The average Bonchev–Trinajstić information content (AvgIpc) is 2.60. The number of nitrogens with zero attached hydrogens (tertiary/aromatic N) is 2. The zero-order valence-corrected chi connectivity index (χ0v) is 15.4. The van der Waals surface area contributed by atoms with Gasteiger partial charge in [-0.05, 0) is 57.5 Å². The second-order valence-corrected chi connectivity index (χ2v) is 7.82. The quantitative estimate of drug-likeness (QED) is 0.776. The minimum absolute atomic E-state index is 0.0614. The van der Waals surface area contributed by atoms with E-state index in [1.807, 2.05) is 13.8 Å². The molecule has 5 nitrogen and oxygen atoms in total. The van der Waals surface area contributed by atoms with Gasteiger partial charge in [-0.3, -0.25) is 4.79 Å². The second kappa shape index (κ2) is 9.39. The molecule has 0 aromatic carbocycles. The smallest absolute Gasteiger partial charge is 0.222 e. The first kappa shape index (κ1) is 19.2. The van der Waals surface area contributed by atoms with Crippen LogP contribution in [0.1, 0.15) is 52.4 Å². The van der Waals surface area contributed by atoms with Crippen LogP contribution < -0.4 is 5.32 Å². The van der Waals surface area contributed by atoms with Gasteiger partial charge in [-0.1, -0.05) is 13.8 Å². The summed E-state index contributed by atoms with van der Waals surface area (Å²) < 4.78 is 5.40. The number of amides is 1. The Kier molecular flexibility index (Phi) is 7.51. The minimum Gasteiger partial charge on any atom is -0.381 e. The molecule has 2 fully saturated rings. The zero-order chi connectivity index (χ0) is 17.4. The number of nitriles is 1. The first-order chi connectivity index (χ1) is 11.5. The highest BCUT2D eigenvalue weighted by atomic mass is 16.5. The first-order valence-corrected chi connectivity index (χ1v) is 9.54. The van der Waals surface area contributed by atoms with Gasteiger partial charge >= 0.3 is 0 Å². The molecule has 2 aliphatic rings. The van der Waals surface area contributed by atoms with Gasteiger partial charge in [0.1, 0.15) is 0 Å². The molecule has 1 atom stereocenters. The number of rotatable bonds is 7. The van der Waals surface area contributed by atoms with E-state index in [1.54, 1.807) is 0 Å². The zero-order valence-electron chi connectivity index (χ0n) is 15.4. The fourth-order valence-corrected chi connectivity index (χ4v) is 3.79. The van der Waals surface area contributed by atoms with Crippen molar-refractivity contribution in [1.82, 2.24) is 10.2 Å². The van der Waals surface area contributed by atoms with Gasteiger partial charge in [0.15, 0.2) is 0 Å². The number of ether oxygens (including phenoxy) is 1. The van der Waals surface area contributed by atoms with Crippen LogP contribution in [0.3, 0.4) is 0 Å². The molecule has 0 unspecified atom stereocenters. The third-order valence-electron chi connectivity index (χ3n) is 5.51. The first-order valence-electron chi connectivity index (χ1n) is 9.54. The van der Waals surface area contributed by atoms with E-state index in [2.05, 4.69) is 16.3 Å². The maximum Gasteiger partial charge on any atom is 0.222 e. The molecule has 24 heavy (non-hydrogen) atoms. The van der Waals surface area contributed by atoms with E-state index in [0.717, 1.165) is 65.1 Å². The highest BCUT2D eigenvalue weighted by Crippen LogP contribution is 2.34. The lowest BCUT2D eigenvalue weighted by atomic mass is 9.78. The van der Waals surface area contributed by atoms with E-state index in [-0.39, 0.29) is 17.2 Å². The molecule has 0 aliphatic carbocycles. The molecule has 0 aromatic rings. The second-order valence-electron chi connectivity index (χ2n) is 7.82. The molecule has 1 amide bonds. The van der Waals surface area contributed by atoms with Gasteiger partial charge in [-0.2, -0.15) is 5.26 Å². The van der Waals surface area contributed by atoms with Crippen LogP contribution in [0.15, 0.2) is 0 Å². The summed E-state index contributed by atoms with van der Waals surface area (Å²) in [6, 6.07) is 2.56. The number of carbonyl (C=O) groups is 1. The molecular weight excluding hydrogens is 302 g/mol. The average molecular weight is 335 g/mol. The predicted octanol–water partition coefficient (Wildman–Crippen LogP) is 2.57. The Morgan fingerprint density at radius 1 is 1.42 bits per heavy atom. The lowest BCUT2D eigenvalue weighted by molar-refractivity contribution is -0.124. The summed E-state index contributed by atoms with van der Waals surface area (Å²) in [6.45, 7) is 9.42. The van der Waals surface area contributed by atoms with Crippen LogP contribution in [0.4, 0.5) is 0 Å². The van der Waals surface area contributed by atoms with Crippen molar-refractivity contribution in [2.75, 3.05) is 39.4 Å². The Hall–Kier alpha value is -1.12. The van der Waals surface area contributed by atoms with Gasteiger partial charge in [0.05, 0.1) is 11.5 Å². The van der Waals surface area contributed by atoms with Crippen LogP contribution in [-0.2, 0) is 9.53 Å².